The third-order valence-electron chi connectivity index (χ3n) is 3.02. The molecule has 1 aromatic carbocycles. The van der Waals surface area contributed by atoms with Crippen molar-refractivity contribution in [2.45, 2.75) is 19.3 Å². The molecule has 1 aromatic heterocycles. The molecule has 0 unspecified atom stereocenters. The molecule has 5 heteroatoms. The first kappa shape index (κ1) is 13.3. The molecule has 2 atom stereocenters. The van der Waals surface area contributed by atoms with Crippen LogP contribution >= 0.6 is 11.3 Å². The molecule has 0 radical (unpaired) electrons. The van der Waals surface area contributed by atoms with Crippen LogP contribution in [0.4, 0.5) is 0 Å². The highest BCUT2D eigenvalue weighted by Crippen LogP contribution is 2.30. The number of carbonyl (C=O) groups excluding carboxylic acids is 1. The molecule has 1 aliphatic rings. The summed E-state index contributed by atoms with van der Waals surface area (Å²) in [6.45, 7) is 2.37. The third kappa shape index (κ3) is 2.75. The molecule has 2 aromatic rings. The van der Waals surface area contributed by atoms with Crippen molar-refractivity contribution in [3.8, 4) is 0 Å². The number of thiophene rings is 1. The summed E-state index contributed by atoms with van der Waals surface area (Å²) in [5, 5.41) is 3.36. The van der Waals surface area contributed by atoms with Gasteiger partial charge in [0.25, 0.3) is 5.91 Å². The van der Waals surface area contributed by atoms with Crippen molar-refractivity contribution in [1.29, 1.82) is 0 Å². The summed E-state index contributed by atoms with van der Waals surface area (Å²) >= 11 is 1.55. The van der Waals surface area contributed by atoms with Crippen molar-refractivity contribution in [3.63, 3.8) is 0 Å². The molecule has 1 saturated heterocycles. The number of hydrogen-bond donors (Lipinski definition) is 0. The van der Waals surface area contributed by atoms with Gasteiger partial charge in [0, 0.05) is 5.56 Å². The lowest BCUT2D eigenvalue weighted by atomic mass is 10.2. The number of amides is 1. The lowest BCUT2D eigenvalue weighted by Gasteiger charge is -2.35. The fraction of sp³-hybridized carbons (Fsp3) is 0.267. The van der Waals surface area contributed by atoms with Gasteiger partial charge in [0.05, 0.1) is 17.5 Å². The van der Waals surface area contributed by atoms with Gasteiger partial charge in [-0.25, -0.2) is 9.90 Å². The molecule has 0 saturated carbocycles. The fourth-order valence-electron chi connectivity index (χ4n) is 2.07. The molecule has 104 valence electrons. The SMILES string of the molecule is C[C@@H]1CN(C(=O)c2ccccc2)O[C@@H](c2cccs2)O1. The highest BCUT2D eigenvalue weighted by atomic mass is 32.1. The molecule has 1 amide bonds. The number of carbonyl (C=O) groups is 1. The summed E-state index contributed by atoms with van der Waals surface area (Å²) in [6, 6.07) is 13.0. The van der Waals surface area contributed by atoms with Gasteiger partial charge in [-0.05, 0) is 30.5 Å². The first-order valence-corrected chi connectivity index (χ1v) is 7.34. The number of hydrogen-bond acceptors (Lipinski definition) is 4. The topological polar surface area (TPSA) is 38.8 Å². The van der Waals surface area contributed by atoms with Crippen molar-refractivity contribution < 1.29 is 14.4 Å². The molecule has 0 aliphatic carbocycles. The second kappa shape index (κ2) is 5.75. The van der Waals surface area contributed by atoms with Crippen molar-refractivity contribution in [2.75, 3.05) is 6.54 Å². The van der Waals surface area contributed by atoms with Crippen LogP contribution in [0.2, 0.25) is 0 Å². The van der Waals surface area contributed by atoms with E-state index in [4.69, 9.17) is 9.57 Å². The Balaban J connectivity index is 1.78. The van der Waals surface area contributed by atoms with Gasteiger partial charge < -0.3 is 4.74 Å². The summed E-state index contributed by atoms with van der Waals surface area (Å²) in [7, 11) is 0. The van der Waals surface area contributed by atoms with Crippen LogP contribution < -0.4 is 0 Å². The van der Waals surface area contributed by atoms with Crippen molar-refractivity contribution in [3.05, 3.63) is 58.3 Å². The number of ether oxygens (including phenoxy) is 1. The zero-order valence-electron chi connectivity index (χ0n) is 11.1. The van der Waals surface area contributed by atoms with Gasteiger partial charge in [-0.3, -0.25) is 4.79 Å². The van der Waals surface area contributed by atoms with Crippen LogP contribution in [0.5, 0.6) is 0 Å². The van der Waals surface area contributed by atoms with E-state index in [0.29, 0.717) is 12.1 Å². The largest absolute Gasteiger partial charge is 0.341 e. The third-order valence-corrected chi connectivity index (χ3v) is 3.92. The Morgan fingerprint density at radius 3 is 2.75 bits per heavy atom. The number of benzene rings is 1. The minimum Gasteiger partial charge on any atom is -0.341 e. The van der Waals surface area contributed by atoms with Crippen LogP contribution in [0.15, 0.2) is 47.8 Å². The maximum atomic E-state index is 12.4. The molecule has 2 heterocycles. The average Bonchev–Trinajstić information content (AvgIpc) is 3.01. The van der Waals surface area contributed by atoms with E-state index in [1.165, 1.54) is 5.06 Å². The Bertz CT molecular complexity index is 570. The standard InChI is InChI=1S/C15H15NO3S/c1-11-10-16(14(17)12-6-3-2-4-7-12)19-15(18-11)13-8-5-9-20-13/h2-9,11,15H,10H2,1H3/t11-,15+/m1/s1. The van der Waals surface area contributed by atoms with E-state index >= 15 is 0 Å². The summed E-state index contributed by atoms with van der Waals surface area (Å²) in [5.74, 6) is -0.137. The Labute approximate surface area is 121 Å². The van der Waals surface area contributed by atoms with E-state index in [9.17, 15) is 4.79 Å². The van der Waals surface area contributed by atoms with Crippen molar-refractivity contribution in [2.24, 2.45) is 0 Å². The van der Waals surface area contributed by atoms with Crippen LogP contribution in [0.3, 0.4) is 0 Å². The van der Waals surface area contributed by atoms with Gasteiger partial charge >= 0.3 is 0 Å². The van der Waals surface area contributed by atoms with Crippen LogP contribution in [0.25, 0.3) is 0 Å². The molecule has 0 N–H and O–H groups in total. The van der Waals surface area contributed by atoms with E-state index in [0.717, 1.165) is 4.88 Å². The van der Waals surface area contributed by atoms with E-state index in [-0.39, 0.29) is 12.0 Å². The predicted molar refractivity (Wildman–Crippen MR) is 76.2 cm³/mol. The first-order chi connectivity index (χ1) is 9.74. The molecule has 0 spiro atoms. The smallest absolute Gasteiger partial charge is 0.277 e. The van der Waals surface area contributed by atoms with Crippen molar-refractivity contribution >= 4 is 17.2 Å². The zero-order valence-corrected chi connectivity index (χ0v) is 11.9. The second-order valence-electron chi connectivity index (χ2n) is 4.63. The molecule has 4 nitrogen and oxygen atoms in total. The van der Waals surface area contributed by atoms with Gasteiger partial charge in [-0.2, -0.15) is 0 Å². The fourth-order valence-corrected chi connectivity index (χ4v) is 2.75. The molecule has 1 fully saturated rings. The van der Waals surface area contributed by atoms with Gasteiger partial charge in [-0.1, -0.05) is 24.3 Å². The van der Waals surface area contributed by atoms with E-state index in [1.807, 2.05) is 42.6 Å². The quantitative estimate of drug-likeness (QED) is 0.852. The Kier molecular flexibility index (Phi) is 3.82. The van der Waals surface area contributed by atoms with E-state index in [1.54, 1.807) is 23.5 Å². The highest BCUT2D eigenvalue weighted by molar-refractivity contribution is 7.10. The van der Waals surface area contributed by atoms with Gasteiger partial charge in [0.2, 0.25) is 6.29 Å². The lowest BCUT2D eigenvalue weighted by Crippen LogP contribution is -2.44. The maximum Gasteiger partial charge on any atom is 0.277 e. The Morgan fingerprint density at radius 1 is 1.25 bits per heavy atom. The molecule has 0 bridgehead atoms. The summed E-state index contributed by atoms with van der Waals surface area (Å²) in [5.41, 5.74) is 0.617. The summed E-state index contributed by atoms with van der Waals surface area (Å²) < 4.78 is 5.74. The van der Waals surface area contributed by atoms with E-state index in [2.05, 4.69) is 0 Å². The van der Waals surface area contributed by atoms with Gasteiger partial charge in [0.15, 0.2) is 0 Å². The van der Waals surface area contributed by atoms with Gasteiger partial charge in [-0.15, -0.1) is 11.3 Å². The second-order valence-corrected chi connectivity index (χ2v) is 5.61. The maximum absolute atomic E-state index is 12.4. The Morgan fingerprint density at radius 2 is 2.05 bits per heavy atom. The first-order valence-electron chi connectivity index (χ1n) is 6.46. The molecule has 1 aliphatic heterocycles. The van der Waals surface area contributed by atoms with Crippen LogP contribution in [0, 0.1) is 0 Å². The number of rotatable bonds is 2. The predicted octanol–water partition coefficient (Wildman–Crippen LogP) is 3.24. The molecular formula is C15H15NO3S. The highest BCUT2D eigenvalue weighted by Gasteiger charge is 2.31. The molecular weight excluding hydrogens is 274 g/mol. The van der Waals surface area contributed by atoms with Crippen LogP contribution in [-0.2, 0) is 9.57 Å². The Hall–Kier alpha value is -1.69. The molecule has 3 rings (SSSR count). The monoisotopic (exact) mass is 289 g/mol. The number of nitrogens with zero attached hydrogens (tertiary/aromatic N) is 1. The minimum absolute atomic E-state index is 0.0662. The minimum atomic E-state index is -0.508. The van der Waals surface area contributed by atoms with Crippen LogP contribution in [0.1, 0.15) is 28.4 Å². The normalized spacial score (nSPS) is 22.8. The van der Waals surface area contributed by atoms with E-state index < -0.39 is 6.29 Å². The van der Waals surface area contributed by atoms with Crippen molar-refractivity contribution in [1.82, 2.24) is 5.06 Å². The number of hydroxylamine groups is 2. The zero-order chi connectivity index (χ0) is 13.9. The lowest BCUT2D eigenvalue weighted by molar-refractivity contribution is -0.319. The average molecular weight is 289 g/mol. The summed E-state index contributed by atoms with van der Waals surface area (Å²) in [4.78, 5) is 19.1. The van der Waals surface area contributed by atoms with Crippen LogP contribution in [-0.4, -0.2) is 23.6 Å². The summed E-state index contributed by atoms with van der Waals surface area (Å²) in [6.07, 6.45) is -0.574. The molecule has 20 heavy (non-hydrogen) atoms. The van der Waals surface area contributed by atoms with Gasteiger partial charge in [0.1, 0.15) is 0 Å².